The van der Waals surface area contributed by atoms with Crippen LogP contribution < -0.4 is 0 Å². The van der Waals surface area contributed by atoms with Crippen molar-refractivity contribution in [2.75, 3.05) is 6.61 Å². The fourth-order valence-electron chi connectivity index (χ4n) is 1.57. The van der Waals surface area contributed by atoms with Crippen molar-refractivity contribution in [3.63, 3.8) is 0 Å². The van der Waals surface area contributed by atoms with Gasteiger partial charge in [-0.15, -0.1) is 0 Å². The molecule has 0 saturated heterocycles. The van der Waals surface area contributed by atoms with Crippen LogP contribution in [-0.2, 0) is 16.1 Å². The number of aliphatic hydroxyl groups excluding tert-OH is 1. The molecule has 0 fully saturated rings. The molecule has 112 valence electrons. The monoisotopic (exact) mass is 296 g/mol. The maximum absolute atomic E-state index is 12.0. The van der Waals surface area contributed by atoms with Gasteiger partial charge in [0.25, 0.3) is 0 Å². The van der Waals surface area contributed by atoms with E-state index in [0.29, 0.717) is 6.61 Å². The lowest BCUT2D eigenvalue weighted by molar-refractivity contribution is -0.118. The standard InChI is InChI=1S/C16H24O3S/c1-12(15(18)20-16(2,3)4)14(17)11-19-10-13-8-6-5-7-9-13/h5-9,12,14,17H,10-11H2,1-4H3/t12-,14+/m1/s1. The average molecular weight is 296 g/mol. The summed E-state index contributed by atoms with van der Waals surface area (Å²) in [6, 6.07) is 9.78. The van der Waals surface area contributed by atoms with E-state index >= 15 is 0 Å². The molecule has 3 nitrogen and oxygen atoms in total. The molecule has 0 spiro atoms. The predicted molar refractivity (Wildman–Crippen MR) is 83.6 cm³/mol. The van der Waals surface area contributed by atoms with Gasteiger partial charge < -0.3 is 9.84 Å². The van der Waals surface area contributed by atoms with Gasteiger partial charge in [0, 0.05) is 4.75 Å². The summed E-state index contributed by atoms with van der Waals surface area (Å²) in [5, 5.41) is 10.0. The summed E-state index contributed by atoms with van der Waals surface area (Å²) >= 11 is 1.27. The smallest absolute Gasteiger partial charge is 0.194 e. The molecule has 0 aromatic heterocycles. The number of thioether (sulfide) groups is 1. The van der Waals surface area contributed by atoms with E-state index < -0.39 is 12.0 Å². The van der Waals surface area contributed by atoms with E-state index in [0.717, 1.165) is 5.56 Å². The van der Waals surface area contributed by atoms with Crippen LogP contribution >= 0.6 is 11.8 Å². The Morgan fingerprint density at radius 1 is 1.30 bits per heavy atom. The molecule has 0 amide bonds. The Morgan fingerprint density at radius 3 is 2.45 bits per heavy atom. The van der Waals surface area contributed by atoms with Gasteiger partial charge in [0.15, 0.2) is 5.12 Å². The largest absolute Gasteiger partial charge is 0.390 e. The highest BCUT2D eigenvalue weighted by Crippen LogP contribution is 2.28. The molecule has 0 unspecified atom stereocenters. The molecule has 0 aliphatic carbocycles. The van der Waals surface area contributed by atoms with Gasteiger partial charge in [-0.2, -0.15) is 0 Å². The minimum absolute atomic E-state index is 0.00770. The SMILES string of the molecule is C[C@@H](C(=O)SC(C)(C)C)[C@@H](O)COCc1ccccc1. The van der Waals surface area contributed by atoms with Gasteiger partial charge in [0.05, 0.1) is 25.2 Å². The number of aliphatic hydroxyl groups is 1. The summed E-state index contributed by atoms with van der Waals surface area (Å²) in [4.78, 5) is 12.0. The number of hydrogen-bond donors (Lipinski definition) is 1. The number of benzene rings is 1. The average Bonchev–Trinajstić information content (AvgIpc) is 2.37. The van der Waals surface area contributed by atoms with E-state index in [1.807, 2.05) is 51.1 Å². The Kier molecular flexibility index (Phi) is 6.72. The van der Waals surface area contributed by atoms with Crippen molar-refractivity contribution in [2.45, 2.75) is 45.2 Å². The lowest BCUT2D eigenvalue weighted by atomic mass is 10.1. The first kappa shape index (κ1) is 17.2. The molecule has 0 radical (unpaired) electrons. The third-order valence-corrected chi connectivity index (χ3v) is 3.94. The molecule has 20 heavy (non-hydrogen) atoms. The maximum atomic E-state index is 12.0. The van der Waals surface area contributed by atoms with Crippen LogP contribution in [0.15, 0.2) is 30.3 Å². The third-order valence-electron chi connectivity index (χ3n) is 2.76. The first-order valence-electron chi connectivity index (χ1n) is 6.82. The Hall–Kier alpha value is -0.840. The van der Waals surface area contributed by atoms with Crippen LogP contribution in [0, 0.1) is 5.92 Å². The van der Waals surface area contributed by atoms with Crippen molar-refractivity contribution < 1.29 is 14.6 Å². The van der Waals surface area contributed by atoms with Crippen LogP contribution in [0.3, 0.4) is 0 Å². The van der Waals surface area contributed by atoms with Gasteiger partial charge in [-0.05, 0) is 5.56 Å². The molecule has 0 saturated carbocycles. The molecule has 1 aromatic rings. The van der Waals surface area contributed by atoms with Crippen LogP contribution in [0.1, 0.15) is 33.3 Å². The van der Waals surface area contributed by atoms with Crippen molar-refractivity contribution in [1.29, 1.82) is 0 Å². The molecular weight excluding hydrogens is 272 g/mol. The topological polar surface area (TPSA) is 46.5 Å². The van der Waals surface area contributed by atoms with E-state index in [9.17, 15) is 9.90 Å². The zero-order valence-electron chi connectivity index (χ0n) is 12.6. The minimum Gasteiger partial charge on any atom is -0.390 e. The summed E-state index contributed by atoms with van der Waals surface area (Å²) in [7, 11) is 0. The molecule has 2 atom stereocenters. The molecule has 0 heterocycles. The normalized spacial score (nSPS) is 14.8. The van der Waals surface area contributed by atoms with E-state index in [4.69, 9.17) is 4.74 Å². The van der Waals surface area contributed by atoms with Crippen LogP contribution in [0.2, 0.25) is 0 Å². The maximum Gasteiger partial charge on any atom is 0.194 e. The van der Waals surface area contributed by atoms with E-state index in [1.165, 1.54) is 11.8 Å². The number of ether oxygens (including phenoxy) is 1. The molecular formula is C16H24O3S. The van der Waals surface area contributed by atoms with Crippen molar-refractivity contribution >= 4 is 16.9 Å². The molecule has 0 aliphatic heterocycles. The molecule has 1 aromatic carbocycles. The van der Waals surface area contributed by atoms with Gasteiger partial charge in [-0.1, -0.05) is 69.8 Å². The molecule has 0 aliphatic rings. The summed E-state index contributed by atoms with van der Waals surface area (Å²) in [6.45, 7) is 8.33. The zero-order chi connectivity index (χ0) is 15.2. The van der Waals surface area contributed by atoms with Crippen molar-refractivity contribution in [3.8, 4) is 0 Å². The highest BCUT2D eigenvalue weighted by molar-refractivity contribution is 8.14. The second-order valence-electron chi connectivity index (χ2n) is 5.89. The number of rotatable bonds is 6. The van der Waals surface area contributed by atoms with E-state index in [-0.39, 0.29) is 16.5 Å². The molecule has 1 rings (SSSR count). The second-order valence-corrected chi connectivity index (χ2v) is 7.72. The number of carbonyl (C=O) groups is 1. The Bertz CT molecular complexity index is 411. The van der Waals surface area contributed by atoms with Gasteiger partial charge in [0.1, 0.15) is 0 Å². The Morgan fingerprint density at radius 2 is 1.90 bits per heavy atom. The summed E-state index contributed by atoms with van der Waals surface area (Å²) < 4.78 is 5.34. The second kappa shape index (κ2) is 7.81. The quantitative estimate of drug-likeness (QED) is 0.875. The molecule has 4 heteroatoms. The van der Waals surface area contributed by atoms with Crippen LogP contribution in [0.4, 0.5) is 0 Å². The van der Waals surface area contributed by atoms with Crippen molar-refractivity contribution in [2.24, 2.45) is 5.92 Å². The van der Waals surface area contributed by atoms with E-state index in [1.54, 1.807) is 6.92 Å². The summed E-state index contributed by atoms with van der Waals surface area (Å²) in [6.07, 6.45) is -0.763. The van der Waals surface area contributed by atoms with Crippen molar-refractivity contribution in [3.05, 3.63) is 35.9 Å². The lowest BCUT2D eigenvalue weighted by Gasteiger charge is -2.22. The fourth-order valence-corrected chi connectivity index (χ4v) is 2.51. The molecule has 0 bridgehead atoms. The van der Waals surface area contributed by atoms with Crippen molar-refractivity contribution in [1.82, 2.24) is 0 Å². The van der Waals surface area contributed by atoms with E-state index in [2.05, 4.69) is 0 Å². The first-order chi connectivity index (χ1) is 9.29. The lowest BCUT2D eigenvalue weighted by Crippen LogP contribution is -2.30. The minimum atomic E-state index is -0.763. The first-order valence-corrected chi connectivity index (χ1v) is 7.64. The molecule has 1 N–H and O–H groups in total. The van der Waals surface area contributed by atoms with Gasteiger partial charge in [0.2, 0.25) is 0 Å². The third kappa shape index (κ3) is 6.55. The highest BCUT2D eigenvalue weighted by Gasteiger charge is 2.26. The van der Waals surface area contributed by atoms with Crippen LogP contribution in [0.5, 0.6) is 0 Å². The van der Waals surface area contributed by atoms with Crippen LogP contribution in [0.25, 0.3) is 0 Å². The Labute approximate surface area is 125 Å². The zero-order valence-corrected chi connectivity index (χ0v) is 13.4. The van der Waals surface area contributed by atoms with Gasteiger partial charge >= 0.3 is 0 Å². The summed E-state index contributed by atoms with van der Waals surface area (Å²) in [5.41, 5.74) is 1.06. The fraction of sp³-hybridized carbons (Fsp3) is 0.562. The predicted octanol–water partition coefficient (Wildman–Crippen LogP) is 3.26. The van der Waals surface area contributed by atoms with Gasteiger partial charge in [-0.3, -0.25) is 4.79 Å². The highest BCUT2D eigenvalue weighted by atomic mass is 32.2. The number of carbonyl (C=O) groups excluding carboxylic acids is 1. The van der Waals surface area contributed by atoms with Crippen LogP contribution in [-0.4, -0.2) is 27.7 Å². The Balaban J connectivity index is 2.35. The number of hydrogen-bond acceptors (Lipinski definition) is 4. The van der Waals surface area contributed by atoms with Gasteiger partial charge in [-0.25, -0.2) is 0 Å². The summed E-state index contributed by atoms with van der Waals surface area (Å²) in [5.74, 6) is -0.421.